The Morgan fingerprint density at radius 2 is 1.94 bits per heavy atom. The molecule has 2 unspecified atom stereocenters. The number of ether oxygens (including phenoxy) is 1. The first-order valence-electron chi connectivity index (χ1n) is 6.46. The van der Waals surface area contributed by atoms with Crippen LogP contribution in [0.3, 0.4) is 0 Å². The van der Waals surface area contributed by atoms with Crippen molar-refractivity contribution in [1.29, 1.82) is 0 Å². The maximum atomic E-state index is 11.3. The van der Waals surface area contributed by atoms with Crippen molar-refractivity contribution in [2.75, 3.05) is 0 Å². The fourth-order valence-corrected chi connectivity index (χ4v) is 2.36. The second-order valence-corrected chi connectivity index (χ2v) is 5.82. The molecule has 0 saturated carbocycles. The number of unbranched alkanes of at least 4 members (excludes halogenated alkanes) is 5. The molecular weight excluding hydrogens is 224 g/mol. The maximum absolute atomic E-state index is 11.3. The van der Waals surface area contributed by atoms with Crippen molar-refractivity contribution in [3.63, 3.8) is 0 Å². The van der Waals surface area contributed by atoms with Gasteiger partial charge >= 0.3 is 5.97 Å². The Labute approximate surface area is 104 Å². The van der Waals surface area contributed by atoms with E-state index in [2.05, 4.69) is 6.92 Å². The second kappa shape index (κ2) is 6.48. The smallest absolute Gasteiger partial charge is 0.327 e. The number of hydrogen-bond donors (Lipinski definition) is 0. The minimum Gasteiger partial charge on any atom is -0.461 e. The molecule has 2 nitrogen and oxygen atoms in total. The maximum Gasteiger partial charge on any atom is 0.327 e. The summed E-state index contributed by atoms with van der Waals surface area (Å²) >= 11 is 6.02. The van der Waals surface area contributed by atoms with Crippen LogP contribution >= 0.6 is 11.6 Å². The highest BCUT2D eigenvalue weighted by Gasteiger charge is 2.43. The first-order chi connectivity index (χ1) is 7.56. The van der Waals surface area contributed by atoms with E-state index in [-0.39, 0.29) is 12.1 Å². The Morgan fingerprint density at radius 3 is 2.50 bits per heavy atom. The van der Waals surface area contributed by atoms with Crippen LogP contribution < -0.4 is 0 Å². The lowest BCUT2D eigenvalue weighted by molar-refractivity contribution is -0.143. The van der Waals surface area contributed by atoms with Gasteiger partial charge in [0.2, 0.25) is 0 Å². The Morgan fingerprint density at radius 1 is 1.31 bits per heavy atom. The van der Waals surface area contributed by atoms with Gasteiger partial charge in [-0.2, -0.15) is 0 Å². The molecule has 0 aromatic rings. The summed E-state index contributed by atoms with van der Waals surface area (Å²) in [5.41, 5.74) is 0. The lowest BCUT2D eigenvalue weighted by Gasteiger charge is -2.08. The molecule has 0 radical (unpaired) electrons. The highest BCUT2D eigenvalue weighted by atomic mass is 35.5. The Hall–Kier alpha value is -0.240. The van der Waals surface area contributed by atoms with Gasteiger partial charge in [0, 0.05) is 6.42 Å². The molecule has 3 heteroatoms. The summed E-state index contributed by atoms with van der Waals surface area (Å²) in [5, 5.41) is 0. The molecule has 2 atom stereocenters. The summed E-state index contributed by atoms with van der Waals surface area (Å²) in [6.07, 6.45) is 9.33. The molecule has 0 spiro atoms. The molecule has 1 rings (SSSR count). The first kappa shape index (κ1) is 13.8. The molecule has 94 valence electrons. The van der Waals surface area contributed by atoms with Gasteiger partial charge in [-0.15, -0.1) is 11.6 Å². The van der Waals surface area contributed by atoms with Crippen molar-refractivity contribution >= 4 is 17.6 Å². The molecule has 1 saturated heterocycles. The van der Waals surface area contributed by atoms with Crippen molar-refractivity contribution in [3.8, 4) is 0 Å². The SMILES string of the molecule is CCCCCCCCC1CC(C)(Cl)C(=O)O1. The van der Waals surface area contributed by atoms with Crippen molar-refractivity contribution in [3.05, 3.63) is 0 Å². The molecule has 1 heterocycles. The third-order valence-corrected chi connectivity index (χ3v) is 3.50. The normalized spacial score (nSPS) is 29.4. The van der Waals surface area contributed by atoms with Crippen LogP contribution in [0.25, 0.3) is 0 Å². The molecule has 1 fully saturated rings. The lowest BCUT2D eigenvalue weighted by Crippen LogP contribution is -2.21. The van der Waals surface area contributed by atoms with E-state index in [0.717, 1.165) is 12.8 Å². The zero-order chi connectivity index (χ0) is 12.0. The fourth-order valence-electron chi connectivity index (χ4n) is 2.14. The molecule has 0 bridgehead atoms. The molecule has 1 aliphatic heterocycles. The number of alkyl halides is 1. The molecule has 0 aromatic heterocycles. The van der Waals surface area contributed by atoms with Gasteiger partial charge in [-0.25, -0.2) is 0 Å². The summed E-state index contributed by atoms with van der Waals surface area (Å²) in [6, 6.07) is 0. The first-order valence-corrected chi connectivity index (χ1v) is 6.84. The highest BCUT2D eigenvalue weighted by Crippen LogP contribution is 2.33. The van der Waals surface area contributed by atoms with Gasteiger partial charge < -0.3 is 4.74 Å². The number of carbonyl (C=O) groups is 1. The van der Waals surface area contributed by atoms with E-state index in [1.165, 1.54) is 32.1 Å². The average Bonchev–Trinajstić information content (AvgIpc) is 2.47. The quantitative estimate of drug-likeness (QED) is 0.385. The number of esters is 1. The number of rotatable bonds is 7. The monoisotopic (exact) mass is 246 g/mol. The van der Waals surface area contributed by atoms with Gasteiger partial charge in [0.05, 0.1) is 0 Å². The Balaban J connectivity index is 2.05. The third-order valence-electron chi connectivity index (χ3n) is 3.19. The lowest BCUT2D eigenvalue weighted by atomic mass is 10.0. The van der Waals surface area contributed by atoms with Crippen molar-refractivity contribution in [2.45, 2.75) is 76.2 Å². The summed E-state index contributed by atoms with van der Waals surface area (Å²) < 4.78 is 5.23. The second-order valence-electron chi connectivity index (χ2n) is 4.99. The summed E-state index contributed by atoms with van der Waals surface area (Å²) in [6.45, 7) is 3.97. The van der Waals surface area contributed by atoms with Gasteiger partial charge in [0.1, 0.15) is 11.0 Å². The summed E-state index contributed by atoms with van der Waals surface area (Å²) in [4.78, 5) is 10.6. The van der Waals surface area contributed by atoms with Crippen LogP contribution in [-0.4, -0.2) is 16.9 Å². The van der Waals surface area contributed by atoms with Crippen LogP contribution in [-0.2, 0) is 9.53 Å². The van der Waals surface area contributed by atoms with E-state index in [9.17, 15) is 4.79 Å². The largest absolute Gasteiger partial charge is 0.461 e. The van der Waals surface area contributed by atoms with Crippen molar-refractivity contribution in [2.24, 2.45) is 0 Å². The molecule has 16 heavy (non-hydrogen) atoms. The van der Waals surface area contributed by atoms with Gasteiger partial charge in [0.15, 0.2) is 0 Å². The van der Waals surface area contributed by atoms with E-state index in [1.807, 2.05) is 0 Å². The molecule has 0 N–H and O–H groups in total. The number of cyclic esters (lactones) is 1. The Bertz CT molecular complexity index is 226. The molecule has 0 aromatic carbocycles. The number of halogens is 1. The van der Waals surface area contributed by atoms with Crippen molar-refractivity contribution < 1.29 is 9.53 Å². The standard InChI is InChI=1S/C13H23ClO2/c1-3-4-5-6-7-8-9-11-10-13(2,14)12(15)16-11/h11H,3-10H2,1-2H3. The molecular formula is C13H23ClO2. The van der Waals surface area contributed by atoms with Crippen molar-refractivity contribution in [1.82, 2.24) is 0 Å². The molecule has 0 aliphatic carbocycles. The van der Waals surface area contributed by atoms with E-state index < -0.39 is 4.87 Å². The summed E-state index contributed by atoms with van der Waals surface area (Å²) in [5.74, 6) is -0.245. The van der Waals surface area contributed by atoms with Gasteiger partial charge in [-0.3, -0.25) is 4.79 Å². The van der Waals surface area contributed by atoms with E-state index >= 15 is 0 Å². The topological polar surface area (TPSA) is 26.3 Å². The highest BCUT2D eigenvalue weighted by molar-refractivity contribution is 6.34. The van der Waals surface area contributed by atoms with Gasteiger partial charge in [-0.05, 0) is 19.8 Å². The average molecular weight is 247 g/mol. The molecule has 1 aliphatic rings. The minimum absolute atomic E-state index is 0.0566. The number of carbonyl (C=O) groups excluding carboxylic acids is 1. The molecule has 0 amide bonds. The summed E-state index contributed by atoms with van der Waals surface area (Å²) in [7, 11) is 0. The predicted molar refractivity (Wildman–Crippen MR) is 66.7 cm³/mol. The number of hydrogen-bond acceptors (Lipinski definition) is 2. The van der Waals surface area contributed by atoms with Crippen LogP contribution in [0, 0.1) is 0 Å². The van der Waals surface area contributed by atoms with Gasteiger partial charge in [-0.1, -0.05) is 39.0 Å². The minimum atomic E-state index is -0.771. The zero-order valence-electron chi connectivity index (χ0n) is 10.4. The van der Waals surface area contributed by atoms with Crippen LogP contribution in [0.2, 0.25) is 0 Å². The Kier molecular flexibility index (Phi) is 5.60. The van der Waals surface area contributed by atoms with Crippen LogP contribution in [0.15, 0.2) is 0 Å². The predicted octanol–water partition coefficient (Wildman–Crippen LogP) is 4.05. The van der Waals surface area contributed by atoms with Crippen LogP contribution in [0.1, 0.15) is 65.2 Å². The third kappa shape index (κ3) is 4.32. The van der Waals surface area contributed by atoms with E-state index in [1.54, 1.807) is 6.92 Å². The van der Waals surface area contributed by atoms with Crippen LogP contribution in [0.5, 0.6) is 0 Å². The van der Waals surface area contributed by atoms with Gasteiger partial charge in [0.25, 0.3) is 0 Å². The van der Waals surface area contributed by atoms with E-state index in [4.69, 9.17) is 16.3 Å². The van der Waals surface area contributed by atoms with E-state index in [0.29, 0.717) is 6.42 Å². The van der Waals surface area contributed by atoms with Crippen LogP contribution in [0.4, 0.5) is 0 Å². The fraction of sp³-hybridized carbons (Fsp3) is 0.923. The zero-order valence-corrected chi connectivity index (χ0v) is 11.2.